The normalized spacial score (nSPS) is 11.6. The number of benzene rings is 2. The molecule has 0 saturated heterocycles. The molecule has 5 heteroatoms. The van der Waals surface area contributed by atoms with Crippen LogP contribution in [0.25, 0.3) is 0 Å². The Bertz CT molecular complexity index is 697. The van der Waals surface area contributed by atoms with Gasteiger partial charge in [-0.2, -0.15) is 0 Å². The van der Waals surface area contributed by atoms with Gasteiger partial charge >= 0.3 is 5.97 Å². The van der Waals surface area contributed by atoms with Gasteiger partial charge in [-0.25, -0.2) is 0 Å². The van der Waals surface area contributed by atoms with E-state index in [2.05, 4.69) is 15.9 Å². The predicted molar refractivity (Wildman–Crippen MR) is 90.7 cm³/mol. The highest BCUT2D eigenvalue weighted by atomic mass is 79.9. The van der Waals surface area contributed by atoms with E-state index in [9.17, 15) is 9.59 Å². The molecule has 0 aliphatic carbocycles. The van der Waals surface area contributed by atoms with Crippen molar-refractivity contribution in [2.24, 2.45) is 0 Å². The molecule has 0 bridgehead atoms. The molecule has 0 spiro atoms. The molecule has 4 nitrogen and oxygen atoms in total. The number of rotatable bonds is 6. The number of ether oxygens (including phenoxy) is 2. The molecule has 0 N–H and O–H groups in total. The highest BCUT2D eigenvalue weighted by molar-refractivity contribution is 9.10. The van der Waals surface area contributed by atoms with Crippen LogP contribution >= 0.6 is 15.9 Å². The van der Waals surface area contributed by atoms with E-state index in [1.54, 1.807) is 56.5 Å². The maximum Gasteiger partial charge on any atom is 0.310 e. The molecule has 2 aromatic rings. The van der Waals surface area contributed by atoms with Crippen molar-refractivity contribution in [2.45, 2.75) is 19.4 Å². The van der Waals surface area contributed by atoms with Gasteiger partial charge in [-0.15, -0.1) is 0 Å². The number of hydrogen-bond acceptors (Lipinski definition) is 4. The number of hydrogen-bond donors (Lipinski definition) is 0. The lowest BCUT2D eigenvalue weighted by molar-refractivity contribution is -0.145. The summed E-state index contributed by atoms with van der Waals surface area (Å²) < 4.78 is 11.1. The van der Waals surface area contributed by atoms with Crippen LogP contribution in [0.1, 0.15) is 22.8 Å². The summed E-state index contributed by atoms with van der Waals surface area (Å²) in [5.41, 5.74) is 1.31. The van der Waals surface area contributed by atoms with Crippen molar-refractivity contribution in [3.8, 4) is 5.75 Å². The first-order chi connectivity index (χ1) is 11.0. The third kappa shape index (κ3) is 4.66. The summed E-state index contributed by atoms with van der Waals surface area (Å²) in [6.45, 7) is 1.58. The van der Waals surface area contributed by atoms with Gasteiger partial charge in [-0.05, 0) is 40.5 Å². The van der Waals surface area contributed by atoms with Crippen molar-refractivity contribution in [1.29, 1.82) is 0 Å². The number of methoxy groups -OCH3 is 1. The van der Waals surface area contributed by atoms with E-state index in [0.717, 1.165) is 10.0 Å². The average Bonchev–Trinajstić information content (AvgIpc) is 2.55. The van der Waals surface area contributed by atoms with Crippen molar-refractivity contribution < 1.29 is 19.1 Å². The largest absolute Gasteiger partial charge is 0.496 e. The molecule has 2 rings (SSSR count). The minimum atomic E-state index is -0.813. The van der Waals surface area contributed by atoms with E-state index in [1.165, 1.54) is 0 Å². The zero-order valence-electron chi connectivity index (χ0n) is 12.9. The number of carbonyl (C=O) groups is 2. The van der Waals surface area contributed by atoms with Gasteiger partial charge in [-0.1, -0.05) is 36.4 Å². The fourth-order valence-corrected chi connectivity index (χ4v) is 2.70. The Morgan fingerprint density at radius 2 is 1.83 bits per heavy atom. The molecule has 0 aromatic heterocycles. The first-order valence-electron chi connectivity index (χ1n) is 7.12. The van der Waals surface area contributed by atoms with Gasteiger partial charge in [0, 0.05) is 5.56 Å². The third-order valence-corrected chi connectivity index (χ3v) is 3.92. The molecular weight excluding hydrogens is 360 g/mol. The zero-order chi connectivity index (χ0) is 16.8. The second-order valence-electron chi connectivity index (χ2n) is 5.01. The van der Waals surface area contributed by atoms with E-state index in [-0.39, 0.29) is 12.2 Å². The van der Waals surface area contributed by atoms with Crippen molar-refractivity contribution in [3.05, 3.63) is 64.1 Å². The van der Waals surface area contributed by atoms with Crippen LogP contribution in [0, 0.1) is 0 Å². The lowest BCUT2D eigenvalue weighted by Gasteiger charge is -2.13. The molecular formula is C18H17BrO4. The highest BCUT2D eigenvalue weighted by Crippen LogP contribution is 2.25. The minimum absolute atomic E-state index is 0.0923. The van der Waals surface area contributed by atoms with E-state index in [4.69, 9.17) is 9.47 Å². The van der Waals surface area contributed by atoms with Gasteiger partial charge in [-0.3, -0.25) is 9.59 Å². The van der Waals surface area contributed by atoms with Crippen LogP contribution in [0.2, 0.25) is 0 Å². The van der Waals surface area contributed by atoms with Crippen molar-refractivity contribution >= 4 is 27.7 Å². The van der Waals surface area contributed by atoms with Crippen LogP contribution in [0.5, 0.6) is 5.75 Å². The maximum atomic E-state index is 12.2. The summed E-state index contributed by atoms with van der Waals surface area (Å²) in [6, 6.07) is 14.1. The van der Waals surface area contributed by atoms with Crippen molar-refractivity contribution in [3.63, 3.8) is 0 Å². The molecule has 0 unspecified atom stereocenters. The Kier molecular flexibility index (Phi) is 5.93. The molecule has 0 fully saturated rings. The summed E-state index contributed by atoms with van der Waals surface area (Å²) in [7, 11) is 1.57. The van der Waals surface area contributed by atoms with Crippen LogP contribution < -0.4 is 4.74 Å². The van der Waals surface area contributed by atoms with Crippen molar-refractivity contribution in [1.82, 2.24) is 0 Å². The zero-order valence-corrected chi connectivity index (χ0v) is 14.5. The van der Waals surface area contributed by atoms with Crippen LogP contribution in [0.3, 0.4) is 0 Å². The molecule has 120 valence electrons. The quantitative estimate of drug-likeness (QED) is 0.568. The van der Waals surface area contributed by atoms with Crippen LogP contribution in [-0.4, -0.2) is 25.0 Å². The van der Waals surface area contributed by atoms with Gasteiger partial charge in [0.25, 0.3) is 0 Å². The SMILES string of the molecule is COc1ccc(CC(=O)O[C@H](C)C(=O)c2ccccc2)cc1Br. The standard InChI is InChI=1S/C18H17BrO4/c1-12(18(21)14-6-4-3-5-7-14)23-17(20)11-13-8-9-16(22-2)15(19)10-13/h3-10,12H,11H2,1-2H3/t12-/m1/s1. The Labute approximate surface area is 143 Å². The number of halogens is 1. The van der Waals surface area contributed by atoms with E-state index in [0.29, 0.717) is 11.3 Å². The molecule has 0 aliphatic heterocycles. The second kappa shape index (κ2) is 7.92. The van der Waals surface area contributed by atoms with Gasteiger partial charge in [0.2, 0.25) is 5.78 Å². The Morgan fingerprint density at radius 3 is 2.43 bits per heavy atom. The molecule has 1 atom stereocenters. The molecule has 23 heavy (non-hydrogen) atoms. The third-order valence-electron chi connectivity index (χ3n) is 3.30. The maximum absolute atomic E-state index is 12.2. The predicted octanol–water partition coefficient (Wildman–Crippen LogP) is 3.81. The number of carbonyl (C=O) groups excluding carboxylic acids is 2. The summed E-state index contributed by atoms with van der Waals surface area (Å²) in [5.74, 6) is 0.0310. The highest BCUT2D eigenvalue weighted by Gasteiger charge is 2.19. The monoisotopic (exact) mass is 376 g/mol. The van der Waals surface area contributed by atoms with Gasteiger partial charge in [0.15, 0.2) is 6.10 Å². The van der Waals surface area contributed by atoms with Gasteiger partial charge < -0.3 is 9.47 Å². The second-order valence-corrected chi connectivity index (χ2v) is 5.86. The first-order valence-corrected chi connectivity index (χ1v) is 7.91. The Morgan fingerprint density at radius 1 is 1.13 bits per heavy atom. The number of esters is 1. The summed E-state index contributed by atoms with van der Waals surface area (Å²) in [5, 5.41) is 0. The van der Waals surface area contributed by atoms with Crippen LogP contribution in [-0.2, 0) is 16.0 Å². The van der Waals surface area contributed by atoms with E-state index in [1.807, 2.05) is 6.07 Å². The summed E-state index contributed by atoms with van der Waals surface area (Å²) in [6.07, 6.45) is -0.721. The fraction of sp³-hybridized carbons (Fsp3) is 0.222. The molecule has 2 aromatic carbocycles. The smallest absolute Gasteiger partial charge is 0.310 e. The summed E-state index contributed by atoms with van der Waals surface area (Å²) >= 11 is 3.37. The van der Waals surface area contributed by atoms with E-state index < -0.39 is 12.1 Å². The molecule has 0 amide bonds. The lowest BCUT2D eigenvalue weighted by Crippen LogP contribution is -2.25. The van der Waals surface area contributed by atoms with Gasteiger partial charge in [0.05, 0.1) is 18.0 Å². The molecule has 0 aliphatic rings. The molecule has 0 radical (unpaired) electrons. The molecule has 0 saturated carbocycles. The lowest BCUT2D eigenvalue weighted by atomic mass is 10.1. The van der Waals surface area contributed by atoms with Gasteiger partial charge in [0.1, 0.15) is 5.75 Å². The number of ketones is 1. The van der Waals surface area contributed by atoms with Crippen LogP contribution in [0.15, 0.2) is 53.0 Å². The average molecular weight is 377 g/mol. The summed E-state index contributed by atoms with van der Waals surface area (Å²) in [4.78, 5) is 24.2. The van der Waals surface area contributed by atoms with E-state index >= 15 is 0 Å². The molecule has 0 heterocycles. The topological polar surface area (TPSA) is 52.6 Å². The Balaban J connectivity index is 1.96. The number of Topliss-reactive ketones (excluding diaryl/α,β-unsaturated/α-hetero) is 1. The van der Waals surface area contributed by atoms with Crippen LogP contribution in [0.4, 0.5) is 0 Å². The minimum Gasteiger partial charge on any atom is -0.496 e. The Hall–Kier alpha value is -2.14. The first kappa shape index (κ1) is 17.2. The fourth-order valence-electron chi connectivity index (χ4n) is 2.12. The van der Waals surface area contributed by atoms with Crippen molar-refractivity contribution in [2.75, 3.05) is 7.11 Å².